The molecule has 0 radical (unpaired) electrons. The summed E-state index contributed by atoms with van der Waals surface area (Å²) in [7, 11) is 0. The minimum Gasteiger partial charge on any atom is -0.394 e. The van der Waals surface area contributed by atoms with Crippen LogP contribution in [0.2, 0.25) is 0 Å². The lowest BCUT2D eigenvalue weighted by Crippen LogP contribution is -2.40. The van der Waals surface area contributed by atoms with Crippen LogP contribution in [-0.2, 0) is 6.42 Å². The first-order chi connectivity index (χ1) is 14.7. The van der Waals surface area contributed by atoms with Crippen molar-refractivity contribution < 1.29 is 22.8 Å². The smallest absolute Gasteiger partial charge is 0.389 e. The summed E-state index contributed by atoms with van der Waals surface area (Å²) >= 11 is 0. The zero-order valence-corrected chi connectivity index (χ0v) is 16.9. The summed E-state index contributed by atoms with van der Waals surface area (Å²) in [5.74, 6) is 1.08. The van der Waals surface area contributed by atoms with Gasteiger partial charge in [0.2, 0.25) is 5.82 Å². The zero-order chi connectivity index (χ0) is 22.1. The lowest BCUT2D eigenvalue weighted by Gasteiger charge is -2.20. The van der Waals surface area contributed by atoms with Crippen molar-refractivity contribution in [2.24, 2.45) is 5.73 Å². The third-order valence-electron chi connectivity index (χ3n) is 5.92. The molecule has 0 saturated heterocycles. The Morgan fingerprint density at radius 3 is 2.35 bits per heavy atom. The molecule has 3 N–H and O–H groups in total. The maximum absolute atomic E-state index is 12.4. The predicted molar refractivity (Wildman–Crippen MR) is 110 cm³/mol. The fourth-order valence-corrected chi connectivity index (χ4v) is 4.05. The van der Waals surface area contributed by atoms with Crippen LogP contribution in [0.5, 0.6) is 0 Å². The summed E-state index contributed by atoms with van der Waals surface area (Å²) < 4.78 is 42.4. The third-order valence-corrected chi connectivity index (χ3v) is 5.92. The first kappa shape index (κ1) is 21.5. The van der Waals surface area contributed by atoms with Gasteiger partial charge in [-0.3, -0.25) is 0 Å². The van der Waals surface area contributed by atoms with Crippen LogP contribution in [0.1, 0.15) is 42.7 Å². The summed E-state index contributed by atoms with van der Waals surface area (Å²) in [6.07, 6.45) is -2.56. The molecular weight excluding hydrogens is 407 g/mol. The summed E-state index contributed by atoms with van der Waals surface area (Å²) in [4.78, 5) is 4.42. The second kappa shape index (κ2) is 8.43. The van der Waals surface area contributed by atoms with E-state index in [0.29, 0.717) is 28.8 Å². The monoisotopic (exact) mass is 431 g/mol. The van der Waals surface area contributed by atoms with Crippen LogP contribution >= 0.6 is 0 Å². The maximum Gasteiger partial charge on any atom is 0.389 e. The van der Waals surface area contributed by atoms with Crippen LogP contribution in [0.25, 0.3) is 22.8 Å². The number of aliphatic hydroxyl groups excluding tert-OH is 1. The lowest BCUT2D eigenvalue weighted by atomic mass is 9.93. The molecule has 31 heavy (non-hydrogen) atoms. The quantitative estimate of drug-likeness (QED) is 0.583. The van der Waals surface area contributed by atoms with Gasteiger partial charge in [0.15, 0.2) is 0 Å². The highest BCUT2D eigenvalue weighted by Gasteiger charge is 2.35. The Morgan fingerprint density at radius 1 is 1.06 bits per heavy atom. The van der Waals surface area contributed by atoms with Crippen LogP contribution in [0.15, 0.2) is 53.1 Å². The minimum absolute atomic E-state index is 0.00344. The molecule has 0 amide bonds. The molecule has 1 saturated carbocycles. The third kappa shape index (κ3) is 5.14. The molecule has 8 heteroatoms. The number of nitrogens with zero attached hydrogens (tertiary/aromatic N) is 2. The zero-order valence-electron chi connectivity index (χ0n) is 16.9. The molecule has 0 aliphatic heterocycles. The highest BCUT2D eigenvalue weighted by Crippen LogP contribution is 2.39. The van der Waals surface area contributed by atoms with Crippen molar-refractivity contribution in [1.82, 2.24) is 10.1 Å². The topological polar surface area (TPSA) is 85.2 Å². The Bertz CT molecular complexity index is 1020. The Hall–Kier alpha value is -2.71. The average molecular weight is 431 g/mol. The average Bonchev–Trinajstić information content (AvgIpc) is 3.40. The molecule has 2 aromatic carbocycles. The molecule has 5 nitrogen and oxygen atoms in total. The molecule has 3 aromatic rings. The SMILES string of the molecule is NC1(CO)CCC(c2ccc(-c3noc(-c4ccc(CCC(F)(F)F)cc4)n3)cc2)C1. The Morgan fingerprint density at radius 2 is 1.74 bits per heavy atom. The van der Waals surface area contributed by atoms with E-state index < -0.39 is 18.1 Å². The van der Waals surface area contributed by atoms with Gasteiger partial charge in [-0.1, -0.05) is 41.6 Å². The number of rotatable bonds is 6. The van der Waals surface area contributed by atoms with Gasteiger partial charge in [-0.15, -0.1) is 0 Å². The van der Waals surface area contributed by atoms with Gasteiger partial charge in [0.05, 0.1) is 6.61 Å². The highest BCUT2D eigenvalue weighted by atomic mass is 19.4. The minimum atomic E-state index is -4.17. The summed E-state index contributed by atoms with van der Waals surface area (Å²) in [5.41, 5.74) is 8.92. The van der Waals surface area contributed by atoms with Crippen molar-refractivity contribution in [2.75, 3.05) is 6.61 Å². The van der Waals surface area contributed by atoms with Gasteiger partial charge in [0.1, 0.15) is 0 Å². The number of alkyl halides is 3. The van der Waals surface area contributed by atoms with E-state index in [2.05, 4.69) is 10.1 Å². The standard InChI is InChI=1S/C23H24F3N3O2/c24-23(25,26)12-9-15-1-3-18(4-2-15)21-28-20(29-31-21)17-7-5-16(6-8-17)19-10-11-22(27,13-19)14-30/h1-8,19,30H,9-14,27H2. The highest BCUT2D eigenvalue weighted by molar-refractivity contribution is 5.60. The normalized spacial score (nSPS) is 21.5. The van der Waals surface area contributed by atoms with Crippen molar-refractivity contribution in [2.45, 2.75) is 49.7 Å². The number of aryl methyl sites for hydroxylation is 1. The molecule has 2 atom stereocenters. The van der Waals surface area contributed by atoms with Crippen LogP contribution in [0.4, 0.5) is 13.2 Å². The van der Waals surface area contributed by atoms with Gasteiger partial charge in [-0.25, -0.2) is 0 Å². The molecule has 4 rings (SSSR count). The van der Waals surface area contributed by atoms with Crippen LogP contribution in [-0.4, -0.2) is 33.6 Å². The van der Waals surface area contributed by atoms with Crippen LogP contribution < -0.4 is 5.73 Å². The van der Waals surface area contributed by atoms with E-state index in [9.17, 15) is 18.3 Å². The van der Waals surface area contributed by atoms with Crippen molar-refractivity contribution in [3.63, 3.8) is 0 Å². The van der Waals surface area contributed by atoms with E-state index in [1.165, 1.54) is 5.56 Å². The second-order valence-electron chi connectivity index (χ2n) is 8.32. The Labute approximate surface area is 178 Å². The van der Waals surface area contributed by atoms with Gasteiger partial charge in [-0.05, 0) is 54.9 Å². The Balaban J connectivity index is 1.43. The van der Waals surface area contributed by atoms with Crippen molar-refractivity contribution >= 4 is 0 Å². The molecule has 1 fully saturated rings. The molecule has 0 spiro atoms. The maximum atomic E-state index is 12.4. The number of aromatic nitrogens is 2. The van der Waals surface area contributed by atoms with Crippen molar-refractivity contribution in [3.8, 4) is 22.8 Å². The lowest BCUT2D eigenvalue weighted by molar-refractivity contribution is -0.133. The van der Waals surface area contributed by atoms with Gasteiger partial charge >= 0.3 is 6.18 Å². The molecule has 164 valence electrons. The molecule has 1 aromatic heterocycles. The summed E-state index contributed by atoms with van der Waals surface area (Å²) in [6, 6.07) is 14.6. The number of halogens is 3. The Kier molecular flexibility index (Phi) is 5.85. The van der Waals surface area contributed by atoms with Crippen molar-refractivity contribution in [3.05, 3.63) is 59.7 Å². The molecule has 1 heterocycles. The molecule has 2 unspecified atom stereocenters. The van der Waals surface area contributed by atoms with E-state index in [4.69, 9.17) is 10.3 Å². The van der Waals surface area contributed by atoms with Crippen molar-refractivity contribution in [1.29, 1.82) is 0 Å². The van der Waals surface area contributed by atoms with Gasteiger partial charge < -0.3 is 15.4 Å². The fraction of sp³-hybridized carbons (Fsp3) is 0.391. The predicted octanol–water partition coefficient (Wildman–Crippen LogP) is 4.86. The van der Waals surface area contributed by atoms with E-state index in [-0.39, 0.29) is 13.0 Å². The fourth-order valence-electron chi connectivity index (χ4n) is 4.05. The van der Waals surface area contributed by atoms with Gasteiger partial charge in [-0.2, -0.15) is 18.2 Å². The number of aliphatic hydroxyl groups is 1. The van der Waals surface area contributed by atoms with Crippen LogP contribution in [0.3, 0.4) is 0 Å². The summed E-state index contributed by atoms with van der Waals surface area (Å²) in [5, 5.41) is 13.5. The number of benzene rings is 2. The number of nitrogens with two attached hydrogens (primary N) is 1. The number of hydrogen-bond acceptors (Lipinski definition) is 5. The molecule has 1 aliphatic rings. The summed E-state index contributed by atoms with van der Waals surface area (Å²) in [6.45, 7) is -0.00344. The van der Waals surface area contributed by atoms with E-state index in [1.54, 1.807) is 24.3 Å². The van der Waals surface area contributed by atoms with Gasteiger partial charge in [0, 0.05) is 23.1 Å². The first-order valence-electron chi connectivity index (χ1n) is 10.2. The van der Waals surface area contributed by atoms with E-state index in [1.807, 2.05) is 24.3 Å². The van der Waals surface area contributed by atoms with E-state index >= 15 is 0 Å². The van der Waals surface area contributed by atoms with Gasteiger partial charge in [0.25, 0.3) is 5.89 Å². The molecule has 0 bridgehead atoms. The second-order valence-corrected chi connectivity index (χ2v) is 8.32. The first-order valence-corrected chi connectivity index (χ1v) is 10.2. The van der Waals surface area contributed by atoms with E-state index in [0.717, 1.165) is 24.8 Å². The molecular formula is C23H24F3N3O2. The number of hydrogen-bond donors (Lipinski definition) is 2. The van der Waals surface area contributed by atoms with Crippen LogP contribution in [0, 0.1) is 0 Å². The molecule has 1 aliphatic carbocycles. The largest absolute Gasteiger partial charge is 0.394 e.